The first-order valence-corrected chi connectivity index (χ1v) is 16.1. The molecule has 0 radical (unpaired) electrons. The van der Waals surface area contributed by atoms with Gasteiger partial charge in [-0.2, -0.15) is 19.6 Å². The zero-order chi connectivity index (χ0) is 32.2. The van der Waals surface area contributed by atoms with Crippen LogP contribution in [-0.4, -0.2) is 75.0 Å². The van der Waals surface area contributed by atoms with Crippen molar-refractivity contribution in [2.24, 2.45) is 5.73 Å². The molecule has 1 saturated heterocycles. The maximum absolute atomic E-state index is 12.5. The highest BCUT2D eigenvalue weighted by molar-refractivity contribution is 5.97. The van der Waals surface area contributed by atoms with Crippen molar-refractivity contribution in [1.29, 1.82) is 0 Å². The smallest absolute Gasteiger partial charge is 0.230 e. The van der Waals surface area contributed by atoms with Gasteiger partial charge in [-0.05, 0) is 73.3 Å². The number of hydrogen-bond donors (Lipinski definition) is 2. The summed E-state index contributed by atoms with van der Waals surface area (Å²) < 4.78 is 1.82. The quantitative estimate of drug-likeness (QED) is 0.192. The number of fused-ring (bicyclic) bond motifs is 2. The molecule has 10 heteroatoms. The first kappa shape index (κ1) is 31.3. The molecule has 0 bridgehead atoms. The molecule has 46 heavy (non-hydrogen) atoms. The number of ketones is 1. The molecule has 5 aromatic rings. The number of nitrogens with one attached hydrogen (secondary N) is 1. The van der Waals surface area contributed by atoms with Crippen molar-refractivity contribution in [3.05, 3.63) is 89.8 Å². The van der Waals surface area contributed by atoms with Gasteiger partial charge >= 0.3 is 0 Å². The van der Waals surface area contributed by atoms with Crippen LogP contribution < -0.4 is 16.0 Å². The first-order chi connectivity index (χ1) is 22.3. The Morgan fingerprint density at radius 2 is 1.89 bits per heavy atom. The van der Waals surface area contributed by atoms with Crippen LogP contribution in [0.1, 0.15) is 49.3 Å². The van der Waals surface area contributed by atoms with Gasteiger partial charge in [0.1, 0.15) is 0 Å². The van der Waals surface area contributed by atoms with Crippen LogP contribution >= 0.6 is 0 Å². The fourth-order valence-electron chi connectivity index (χ4n) is 5.95. The van der Waals surface area contributed by atoms with E-state index in [0.29, 0.717) is 24.9 Å². The van der Waals surface area contributed by atoms with Crippen molar-refractivity contribution in [2.45, 2.75) is 51.6 Å². The summed E-state index contributed by atoms with van der Waals surface area (Å²) in [5, 5.41) is 9.31. The van der Waals surface area contributed by atoms with E-state index in [9.17, 15) is 4.79 Å². The third kappa shape index (κ3) is 6.93. The zero-order valence-electron chi connectivity index (χ0n) is 27.1. The van der Waals surface area contributed by atoms with E-state index < -0.39 is 0 Å². The second-order valence-electron chi connectivity index (χ2n) is 12.7. The molecular weight excluding hydrogens is 574 g/mol. The lowest BCUT2D eigenvalue weighted by Gasteiger charge is -2.30. The Kier molecular flexibility index (Phi) is 9.37. The van der Waals surface area contributed by atoms with E-state index >= 15 is 0 Å². The van der Waals surface area contributed by atoms with Gasteiger partial charge in [-0.1, -0.05) is 56.3 Å². The van der Waals surface area contributed by atoms with Crippen LogP contribution in [0.25, 0.3) is 27.7 Å². The number of carbonyl (C=O) groups excluding carboxylic acids is 1. The van der Waals surface area contributed by atoms with Crippen LogP contribution in [0.4, 0.5) is 11.9 Å². The SMILES string of the molecule is CC(C)c1cnn2c(NCc3ccccc3-c3ccnc4cc(CC(=O)/C=C/CN(C)C)ccc34)nc(N3CCC(N)CC3)nc12. The highest BCUT2D eigenvalue weighted by Crippen LogP contribution is 2.32. The van der Waals surface area contributed by atoms with Crippen molar-refractivity contribution in [3.8, 4) is 11.1 Å². The molecular formula is C36H43N9O. The van der Waals surface area contributed by atoms with Gasteiger partial charge in [0, 0.05) is 55.8 Å². The summed E-state index contributed by atoms with van der Waals surface area (Å²) >= 11 is 0. The lowest BCUT2D eigenvalue weighted by Crippen LogP contribution is -2.40. The minimum atomic E-state index is 0.0809. The number of pyridine rings is 1. The van der Waals surface area contributed by atoms with Crippen LogP contribution in [0.3, 0.4) is 0 Å². The van der Waals surface area contributed by atoms with E-state index in [1.807, 2.05) is 54.1 Å². The van der Waals surface area contributed by atoms with E-state index in [1.54, 1.807) is 6.08 Å². The van der Waals surface area contributed by atoms with Crippen molar-refractivity contribution in [2.75, 3.05) is 43.9 Å². The predicted octanol–water partition coefficient (Wildman–Crippen LogP) is 5.23. The molecule has 4 heterocycles. The minimum absolute atomic E-state index is 0.0809. The van der Waals surface area contributed by atoms with Gasteiger partial charge in [0.15, 0.2) is 11.4 Å². The topological polar surface area (TPSA) is 118 Å². The van der Waals surface area contributed by atoms with Gasteiger partial charge in [0.2, 0.25) is 11.9 Å². The summed E-state index contributed by atoms with van der Waals surface area (Å²) in [5.41, 5.74) is 13.2. The number of anilines is 2. The number of aromatic nitrogens is 5. The fraction of sp³-hybridized carbons (Fsp3) is 0.361. The number of carbonyl (C=O) groups is 1. The molecule has 1 aliphatic rings. The Labute approximate surface area is 270 Å². The van der Waals surface area contributed by atoms with E-state index in [2.05, 4.69) is 70.5 Å². The van der Waals surface area contributed by atoms with E-state index in [0.717, 1.165) is 76.8 Å². The minimum Gasteiger partial charge on any atom is -0.350 e. The number of nitrogens with two attached hydrogens (primary N) is 1. The molecule has 0 saturated carbocycles. The van der Waals surface area contributed by atoms with Crippen molar-refractivity contribution in [3.63, 3.8) is 0 Å². The summed E-state index contributed by atoms with van der Waals surface area (Å²) in [6, 6.07) is 16.8. The highest BCUT2D eigenvalue weighted by Gasteiger charge is 2.22. The lowest BCUT2D eigenvalue weighted by atomic mass is 9.95. The first-order valence-electron chi connectivity index (χ1n) is 16.1. The number of allylic oxidation sites excluding steroid dienone is 1. The molecule has 238 valence electrons. The van der Waals surface area contributed by atoms with Crippen molar-refractivity contribution in [1.82, 2.24) is 29.5 Å². The number of nitrogens with zero attached hydrogens (tertiary/aromatic N) is 7. The molecule has 6 rings (SSSR count). The monoisotopic (exact) mass is 617 g/mol. The van der Waals surface area contributed by atoms with E-state index in [-0.39, 0.29) is 17.7 Å². The van der Waals surface area contributed by atoms with Gasteiger partial charge < -0.3 is 20.9 Å². The van der Waals surface area contributed by atoms with Crippen molar-refractivity contribution < 1.29 is 4.79 Å². The number of rotatable bonds is 11. The fourth-order valence-corrected chi connectivity index (χ4v) is 5.95. The summed E-state index contributed by atoms with van der Waals surface area (Å²) in [5.74, 6) is 1.73. The normalized spacial score (nSPS) is 14.4. The molecule has 0 atom stereocenters. The third-order valence-electron chi connectivity index (χ3n) is 8.53. The summed E-state index contributed by atoms with van der Waals surface area (Å²) in [6.45, 7) is 7.27. The van der Waals surface area contributed by atoms with Gasteiger partial charge in [0.05, 0.1) is 11.7 Å². The van der Waals surface area contributed by atoms with Gasteiger partial charge in [-0.25, -0.2) is 0 Å². The Morgan fingerprint density at radius 3 is 2.67 bits per heavy atom. The average molecular weight is 618 g/mol. The zero-order valence-corrected chi connectivity index (χ0v) is 27.1. The van der Waals surface area contributed by atoms with Crippen molar-refractivity contribution >= 4 is 34.2 Å². The molecule has 3 N–H and O–H groups in total. The predicted molar refractivity (Wildman–Crippen MR) is 185 cm³/mol. The van der Waals surface area contributed by atoms with Gasteiger partial charge in [0.25, 0.3) is 0 Å². The number of benzene rings is 2. The van der Waals surface area contributed by atoms with Crippen LogP contribution in [-0.2, 0) is 17.8 Å². The maximum atomic E-state index is 12.5. The average Bonchev–Trinajstić information content (AvgIpc) is 3.48. The molecule has 2 aromatic carbocycles. The maximum Gasteiger partial charge on any atom is 0.230 e. The summed E-state index contributed by atoms with van der Waals surface area (Å²) in [6.07, 6.45) is 9.50. The molecule has 3 aromatic heterocycles. The molecule has 0 spiro atoms. The second kappa shape index (κ2) is 13.8. The molecule has 10 nitrogen and oxygen atoms in total. The van der Waals surface area contributed by atoms with Crippen LogP contribution in [0.5, 0.6) is 0 Å². The van der Waals surface area contributed by atoms with Gasteiger partial charge in [-0.15, -0.1) is 0 Å². The Morgan fingerprint density at radius 1 is 1.09 bits per heavy atom. The van der Waals surface area contributed by atoms with Crippen LogP contribution in [0.15, 0.2) is 73.1 Å². The third-order valence-corrected chi connectivity index (χ3v) is 8.53. The second-order valence-corrected chi connectivity index (χ2v) is 12.7. The largest absolute Gasteiger partial charge is 0.350 e. The molecule has 0 amide bonds. The highest BCUT2D eigenvalue weighted by atomic mass is 16.1. The number of hydrogen-bond acceptors (Lipinski definition) is 9. The van der Waals surface area contributed by atoms with E-state index in [4.69, 9.17) is 15.7 Å². The standard InChI is InChI=1S/C36H43N9O/c1-24(2)32-23-40-45-34(32)41-36(44-18-14-27(37)15-19-44)42-35(45)39-22-26-8-5-6-10-29(26)30-13-16-38-33-21-25(11-12-31(30)33)20-28(46)9-7-17-43(3)4/h5-13,16,21,23-24,27H,14-15,17-20,22,37H2,1-4H3,(H,39,41,42)/b9-7+. The lowest BCUT2D eigenvalue weighted by molar-refractivity contribution is -0.114. The van der Waals surface area contributed by atoms with Crippen LogP contribution in [0, 0.1) is 0 Å². The summed E-state index contributed by atoms with van der Waals surface area (Å²) in [7, 11) is 3.96. The Balaban J connectivity index is 1.28. The molecule has 1 fully saturated rings. The number of piperidine rings is 1. The van der Waals surface area contributed by atoms with Crippen LogP contribution in [0.2, 0.25) is 0 Å². The Bertz CT molecular complexity index is 1870. The molecule has 0 aliphatic carbocycles. The van der Waals surface area contributed by atoms with E-state index in [1.165, 1.54) is 0 Å². The Hall–Kier alpha value is -4.67. The van der Waals surface area contributed by atoms with Gasteiger partial charge in [-0.3, -0.25) is 9.78 Å². The summed E-state index contributed by atoms with van der Waals surface area (Å²) in [4.78, 5) is 31.4. The molecule has 0 unspecified atom stereocenters. The molecule has 1 aliphatic heterocycles. The number of likely N-dealkylation sites (N-methyl/N-ethyl adjacent to an activating group) is 1.